The van der Waals surface area contributed by atoms with Crippen molar-refractivity contribution in [2.75, 3.05) is 26.2 Å². The molecule has 2 N–H and O–H groups in total. The molecule has 1 unspecified atom stereocenters. The monoisotopic (exact) mass is 354 g/mol. The summed E-state index contributed by atoms with van der Waals surface area (Å²) in [5.41, 5.74) is 2.42. The van der Waals surface area contributed by atoms with Gasteiger partial charge in [0.15, 0.2) is 0 Å². The molecule has 0 aliphatic heterocycles. The third kappa shape index (κ3) is 6.19. The number of aliphatic hydroxyl groups excluding tert-OH is 1. The fourth-order valence-corrected chi connectivity index (χ4v) is 3.09. The number of nitrogens with one attached hydrogen (secondary N) is 1. The quantitative estimate of drug-likeness (QED) is 0.722. The smallest absolute Gasteiger partial charge is 0.317 e. The third-order valence-corrected chi connectivity index (χ3v) is 4.68. The zero-order valence-corrected chi connectivity index (χ0v) is 15.8. The molecule has 1 atom stereocenters. The molecule has 0 fully saturated rings. The van der Waals surface area contributed by atoms with Gasteiger partial charge in [-0.05, 0) is 23.5 Å². The SMILES string of the molecule is CC(C)C(CNC(=O)N(CCO)CCc1ccccc1)c1ccccc1. The number of hydrogen-bond acceptors (Lipinski definition) is 2. The van der Waals surface area contributed by atoms with E-state index in [2.05, 4.69) is 43.4 Å². The van der Waals surface area contributed by atoms with Crippen LogP contribution in [-0.4, -0.2) is 42.3 Å². The molecule has 26 heavy (non-hydrogen) atoms. The van der Waals surface area contributed by atoms with E-state index in [0.717, 1.165) is 6.42 Å². The number of amides is 2. The van der Waals surface area contributed by atoms with Gasteiger partial charge in [0.05, 0.1) is 6.61 Å². The van der Waals surface area contributed by atoms with Crippen LogP contribution in [0.3, 0.4) is 0 Å². The molecule has 4 heteroatoms. The highest BCUT2D eigenvalue weighted by atomic mass is 16.3. The highest BCUT2D eigenvalue weighted by molar-refractivity contribution is 5.74. The Kier molecular flexibility index (Phi) is 8.16. The van der Waals surface area contributed by atoms with E-state index >= 15 is 0 Å². The van der Waals surface area contributed by atoms with Crippen LogP contribution in [0.1, 0.15) is 30.9 Å². The molecular formula is C22H30N2O2. The number of carbonyl (C=O) groups excluding carboxylic acids is 1. The summed E-state index contributed by atoms with van der Waals surface area (Å²) in [6.45, 7) is 5.84. The summed E-state index contributed by atoms with van der Waals surface area (Å²) >= 11 is 0. The molecule has 2 amide bonds. The van der Waals surface area contributed by atoms with Gasteiger partial charge in [0.1, 0.15) is 0 Å². The average molecular weight is 354 g/mol. The number of nitrogens with zero attached hydrogens (tertiary/aromatic N) is 1. The summed E-state index contributed by atoms with van der Waals surface area (Å²) < 4.78 is 0. The zero-order valence-electron chi connectivity index (χ0n) is 15.8. The first-order valence-corrected chi connectivity index (χ1v) is 9.34. The van der Waals surface area contributed by atoms with Crippen molar-refractivity contribution in [2.24, 2.45) is 5.92 Å². The summed E-state index contributed by atoms with van der Waals surface area (Å²) in [5.74, 6) is 0.693. The van der Waals surface area contributed by atoms with Gasteiger partial charge in [0, 0.05) is 25.6 Å². The maximum absolute atomic E-state index is 12.6. The molecule has 0 aliphatic rings. The Morgan fingerprint density at radius 1 is 1.00 bits per heavy atom. The van der Waals surface area contributed by atoms with Crippen LogP contribution >= 0.6 is 0 Å². The number of rotatable bonds is 9. The molecule has 140 valence electrons. The minimum absolute atomic E-state index is 0.0332. The Morgan fingerprint density at radius 2 is 1.62 bits per heavy atom. The summed E-state index contributed by atoms with van der Waals surface area (Å²) in [5, 5.41) is 12.4. The van der Waals surface area contributed by atoms with Crippen LogP contribution in [0.2, 0.25) is 0 Å². The van der Waals surface area contributed by atoms with Crippen LogP contribution in [0, 0.1) is 5.92 Å². The van der Waals surface area contributed by atoms with Crippen molar-refractivity contribution in [3.63, 3.8) is 0 Å². The number of hydrogen-bond donors (Lipinski definition) is 2. The number of aliphatic hydroxyl groups is 1. The van der Waals surface area contributed by atoms with E-state index in [-0.39, 0.29) is 18.6 Å². The van der Waals surface area contributed by atoms with E-state index in [1.54, 1.807) is 4.90 Å². The molecule has 4 nitrogen and oxygen atoms in total. The zero-order chi connectivity index (χ0) is 18.8. The minimum atomic E-state index is -0.114. The lowest BCUT2D eigenvalue weighted by atomic mass is 9.88. The van der Waals surface area contributed by atoms with E-state index in [1.165, 1.54) is 11.1 Å². The number of urea groups is 1. The van der Waals surface area contributed by atoms with Crippen molar-refractivity contribution in [3.05, 3.63) is 71.8 Å². The Hall–Kier alpha value is -2.33. The number of benzene rings is 2. The topological polar surface area (TPSA) is 52.6 Å². The van der Waals surface area contributed by atoms with Crippen molar-refractivity contribution in [3.8, 4) is 0 Å². The van der Waals surface area contributed by atoms with E-state index < -0.39 is 0 Å². The predicted octanol–water partition coefficient (Wildman–Crippen LogP) is 3.67. The highest BCUT2D eigenvalue weighted by Gasteiger charge is 2.19. The van der Waals surface area contributed by atoms with E-state index in [9.17, 15) is 9.90 Å². The van der Waals surface area contributed by atoms with Gasteiger partial charge < -0.3 is 15.3 Å². The first-order chi connectivity index (χ1) is 12.6. The Bertz CT molecular complexity index is 644. The largest absolute Gasteiger partial charge is 0.395 e. The van der Waals surface area contributed by atoms with Crippen LogP contribution in [0.5, 0.6) is 0 Å². The molecule has 2 aromatic rings. The van der Waals surface area contributed by atoms with Gasteiger partial charge in [-0.1, -0.05) is 74.5 Å². The Morgan fingerprint density at radius 3 is 2.19 bits per heavy atom. The molecule has 0 aromatic heterocycles. The molecule has 2 rings (SSSR count). The average Bonchev–Trinajstić information content (AvgIpc) is 2.66. The predicted molar refractivity (Wildman–Crippen MR) is 106 cm³/mol. The highest BCUT2D eigenvalue weighted by Crippen LogP contribution is 2.23. The van der Waals surface area contributed by atoms with Crippen LogP contribution in [0.25, 0.3) is 0 Å². The summed E-state index contributed by atoms with van der Waals surface area (Å²) in [7, 11) is 0. The third-order valence-electron chi connectivity index (χ3n) is 4.68. The van der Waals surface area contributed by atoms with E-state index in [1.807, 2.05) is 36.4 Å². The van der Waals surface area contributed by atoms with E-state index in [4.69, 9.17) is 0 Å². The summed E-state index contributed by atoms with van der Waals surface area (Å²) in [6.07, 6.45) is 0.778. The molecule has 0 aliphatic carbocycles. The van der Waals surface area contributed by atoms with Gasteiger partial charge in [-0.25, -0.2) is 4.79 Å². The van der Waals surface area contributed by atoms with Gasteiger partial charge in [-0.3, -0.25) is 0 Å². The standard InChI is InChI=1S/C22H30N2O2/c1-18(2)21(20-11-7-4-8-12-20)17-23-22(26)24(15-16-25)14-13-19-9-5-3-6-10-19/h3-12,18,21,25H,13-17H2,1-2H3,(H,23,26). The fourth-order valence-electron chi connectivity index (χ4n) is 3.09. The van der Waals surface area contributed by atoms with Crippen molar-refractivity contribution >= 4 is 6.03 Å². The Labute approximate surface area is 156 Å². The molecule has 0 saturated carbocycles. The van der Waals surface area contributed by atoms with E-state index in [0.29, 0.717) is 25.6 Å². The van der Waals surface area contributed by atoms with Crippen LogP contribution in [0.4, 0.5) is 4.79 Å². The Balaban J connectivity index is 1.93. The second-order valence-electron chi connectivity index (χ2n) is 6.89. The van der Waals surface area contributed by atoms with Gasteiger partial charge in [0.25, 0.3) is 0 Å². The van der Waals surface area contributed by atoms with Crippen molar-refractivity contribution in [1.29, 1.82) is 0 Å². The first kappa shape index (κ1) is 20.0. The molecule has 0 bridgehead atoms. The van der Waals surface area contributed by atoms with Crippen LogP contribution in [0.15, 0.2) is 60.7 Å². The second kappa shape index (κ2) is 10.6. The minimum Gasteiger partial charge on any atom is -0.395 e. The van der Waals surface area contributed by atoms with Gasteiger partial charge in [0.2, 0.25) is 0 Å². The molecule has 0 heterocycles. The molecular weight excluding hydrogens is 324 g/mol. The molecule has 2 aromatic carbocycles. The second-order valence-corrected chi connectivity index (χ2v) is 6.89. The van der Waals surface area contributed by atoms with Crippen LogP contribution < -0.4 is 5.32 Å². The fraction of sp³-hybridized carbons (Fsp3) is 0.409. The normalized spacial score (nSPS) is 12.0. The lowest BCUT2D eigenvalue weighted by Crippen LogP contribution is -2.44. The van der Waals surface area contributed by atoms with Gasteiger partial charge in [-0.2, -0.15) is 0 Å². The first-order valence-electron chi connectivity index (χ1n) is 9.34. The van der Waals surface area contributed by atoms with Crippen LogP contribution in [-0.2, 0) is 6.42 Å². The van der Waals surface area contributed by atoms with Crippen molar-refractivity contribution < 1.29 is 9.90 Å². The molecule has 0 saturated heterocycles. The summed E-state index contributed by atoms with van der Waals surface area (Å²) in [4.78, 5) is 14.3. The summed E-state index contributed by atoms with van der Waals surface area (Å²) in [6, 6.07) is 20.3. The van der Waals surface area contributed by atoms with Gasteiger partial charge in [-0.15, -0.1) is 0 Å². The maximum atomic E-state index is 12.6. The van der Waals surface area contributed by atoms with Gasteiger partial charge >= 0.3 is 6.03 Å². The van der Waals surface area contributed by atoms with Crippen molar-refractivity contribution in [2.45, 2.75) is 26.2 Å². The lowest BCUT2D eigenvalue weighted by Gasteiger charge is -2.26. The molecule has 0 radical (unpaired) electrons. The maximum Gasteiger partial charge on any atom is 0.317 e. The lowest BCUT2D eigenvalue weighted by molar-refractivity contribution is 0.177. The molecule has 0 spiro atoms. The van der Waals surface area contributed by atoms with Crippen molar-refractivity contribution in [1.82, 2.24) is 10.2 Å². The number of carbonyl (C=O) groups is 1.